The Morgan fingerprint density at radius 2 is 2.05 bits per heavy atom. The van der Waals surface area contributed by atoms with Crippen molar-refractivity contribution in [3.8, 4) is 5.75 Å². The first-order valence-electron chi connectivity index (χ1n) is 5.75. The fourth-order valence-corrected chi connectivity index (χ4v) is 1.87. The van der Waals surface area contributed by atoms with Crippen molar-refractivity contribution in [1.82, 2.24) is 9.97 Å². The van der Waals surface area contributed by atoms with Crippen LogP contribution in [0.3, 0.4) is 0 Å². The van der Waals surface area contributed by atoms with E-state index in [0.29, 0.717) is 22.7 Å². The maximum Gasteiger partial charge on any atom is 0.258 e. The van der Waals surface area contributed by atoms with Crippen molar-refractivity contribution in [2.45, 2.75) is 6.92 Å². The monoisotopic (exact) mass is 292 g/mol. The SMILES string of the molecule is COc1cc(N)cc(C(=O)Nc2nc(C)cc(Cl)n2)c1. The molecule has 3 N–H and O–H groups in total. The number of anilines is 2. The zero-order valence-electron chi connectivity index (χ0n) is 11.0. The number of rotatable bonds is 3. The van der Waals surface area contributed by atoms with Gasteiger partial charge in [-0.3, -0.25) is 10.1 Å². The number of carbonyl (C=O) groups excluding carboxylic acids is 1. The van der Waals surface area contributed by atoms with Crippen LogP contribution in [0.15, 0.2) is 24.3 Å². The zero-order chi connectivity index (χ0) is 14.7. The fourth-order valence-electron chi connectivity index (χ4n) is 1.63. The van der Waals surface area contributed by atoms with E-state index in [1.165, 1.54) is 13.2 Å². The van der Waals surface area contributed by atoms with Gasteiger partial charge < -0.3 is 10.5 Å². The molecule has 0 saturated heterocycles. The molecule has 1 amide bonds. The summed E-state index contributed by atoms with van der Waals surface area (Å²) < 4.78 is 5.06. The number of nitrogens with one attached hydrogen (secondary N) is 1. The Morgan fingerprint density at radius 1 is 1.30 bits per heavy atom. The number of carbonyl (C=O) groups is 1. The molecule has 1 heterocycles. The Morgan fingerprint density at radius 3 is 2.70 bits per heavy atom. The highest BCUT2D eigenvalue weighted by molar-refractivity contribution is 6.29. The summed E-state index contributed by atoms with van der Waals surface area (Å²) in [6, 6.07) is 6.33. The first kappa shape index (κ1) is 14.1. The zero-order valence-corrected chi connectivity index (χ0v) is 11.7. The number of nitrogen functional groups attached to an aromatic ring is 1. The van der Waals surface area contributed by atoms with E-state index < -0.39 is 5.91 Å². The van der Waals surface area contributed by atoms with Crippen LogP contribution in [0.2, 0.25) is 5.15 Å². The molecule has 1 aromatic heterocycles. The molecule has 2 rings (SSSR count). The Balaban J connectivity index is 2.25. The predicted octanol–water partition coefficient (Wildman–Crippen LogP) is 2.28. The van der Waals surface area contributed by atoms with Crippen molar-refractivity contribution < 1.29 is 9.53 Å². The van der Waals surface area contributed by atoms with Crippen molar-refractivity contribution in [3.63, 3.8) is 0 Å². The Hall–Kier alpha value is -2.34. The highest BCUT2D eigenvalue weighted by Gasteiger charge is 2.11. The van der Waals surface area contributed by atoms with Crippen LogP contribution in [0, 0.1) is 6.92 Å². The number of hydrogen-bond acceptors (Lipinski definition) is 5. The first-order chi connectivity index (χ1) is 9.47. The summed E-state index contributed by atoms with van der Waals surface area (Å²) in [6.45, 7) is 1.76. The summed E-state index contributed by atoms with van der Waals surface area (Å²) in [5, 5.41) is 2.82. The quantitative estimate of drug-likeness (QED) is 0.669. The molecule has 0 atom stereocenters. The lowest BCUT2D eigenvalue weighted by Gasteiger charge is -2.07. The van der Waals surface area contributed by atoms with Gasteiger partial charge in [-0.1, -0.05) is 11.6 Å². The Bertz CT molecular complexity index is 641. The lowest BCUT2D eigenvalue weighted by atomic mass is 10.2. The van der Waals surface area contributed by atoms with Crippen LogP contribution < -0.4 is 15.8 Å². The molecule has 0 fully saturated rings. The minimum Gasteiger partial charge on any atom is -0.497 e. The topological polar surface area (TPSA) is 90.1 Å². The normalized spacial score (nSPS) is 10.2. The van der Waals surface area contributed by atoms with E-state index in [4.69, 9.17) is 22.1 Å². The summed E-state index contributed by atoms with van der Waals surface area (Å²) in [4.78, 5) is 20.1. The van der Waals surface area contributed by atoms with Crippen LogP contribution in [0.5, 0.6) is 5.75 Å². The van der Waals surface area contributed by atoms with E-state index in [-0.39, 0.29) is 11.1 Å². The van der Waals surface area contributed by atoms with Crippen molar-refractivity contribution in [1.29, 1.82) is 0 Å². The minimum atomic E-state index is -0.391. The molecule has 20 heavy (non-hydrogen) atoms. The highest BCUT2D eigenvalue weighted by atomic mass is 35.5. The van der Waals surface area contributed by atoms with E-state index in [2.05, 4.69) is 15.3 Å². The van der Waals surface area contributed by atoms with Crippen molar-refractivity contribution in [2.24, 2.45) is 0 Å². The molecule has 0 spiro atoms. The van der Waals surface area contributed by atoms with Gasteiger partial charge in [-0.05, 0) is 25.1 Å². The molecule has 0 bridgehead atoms. The second kappa shape index (κ2) is 5.75. The van der Waals surface area contributed by atoms with Crippen LogP contribution >= 0.6 is 11.6 Å². The largest absolute Gasteiger partial charge is 0.497 e. The van der Waals surface area contributed by atoms with Gasteiger partial charge in [-0.15, -0.1) is 0 Å². The fraction of sp³-hybridized carbons (Fsp3) is 0.154. The number of halogens is 1. The third-order valence-corrected chi connectivity index (χ3v) is 2.67. The van der Waals surface area contributed by atoms with Gasteiger partial charge in [-0.25, -0.2) is 9.97 Å². The van der Waals surface area contributed by atoms with Crippen LogP contribution in [-0.4, -0.2) is 23.0 Å². The maximum absolute atomic E-state index is 12.1. The van der Waals surface area contributed by atoms with Gasteiger partial charge in [0.25, 0.3) is 5.91 Å². The smallest absolute Gasteiger partial charge is 0.258 e. The summed E-state index contributed by atoms with van der Waals surface area (Å²) in [5.41, 5.74) is 7.14. The molecule has 0 saturated carbocycles. The summed E-state index contributed by atoms with van der Waals surface area (Å²) in [7, 11) is 1.50. The minimum absolute atomic E-state index is 0.140. The van der Waals surface area contributed by atoms with Crippen molar-refractivity contribution in [2.75, 3.05) is 18.2 Å². The highest BCUT2D eigenvalue weighted by Crippen LogP contribution is 2.19. The number of aryl methyl sites for hydroxylation is 1. The average Bonchev–Trinajstić information content (AvgIpc) is 2.36. The maximum atomic E-state index is 12.1. The number of ether oxygens (including phenoxy) is 1. The summed E-state index contributed by atoms with van der Waals surface area (Å²) >= 11 is 5.81. The van der Waals surface area contributed by atoms with Gasteiger partial charge >= 0.3 is 0 Å². The molecule has 0 unspecified atom stereocenters. The molecule has 2 aromatic rings. The number of nitrogens with zero attached hydrogens (tertiary/aromatic N) is 2. The van der Waals surface area contributed by atoms with Gasteiger partial charge in [0.15, 0.2) is 0 Å². The molecular weight excluding hydrogens is 280 g/mol. The number of aromatic nitrogens is 2. The molecule has 1 aromatic carbocycles. The number of amides is 1. The van der Waals surface area contributed by atoms with Gasteiger partial charge in [0, 0.05) is 23.0 Å². The van der Waals surface area contributed by atoms with E-state index >= 15 is 0 Å². The predicted molar refractivity (Wildman–Crippen MR) is 77.1 cm³/mol. The molecule has 0 aliphatic heterocycles. The van der Waals surface area contributed by atoms with Crippen LogP contribution in [0.25, 0.3) is 0 Å². The van der Waals surface area contributed by atoms with Gasteiger partial charge in [0.2, 0.25) is 5.95 Å². The molecular formula is C13H13ClN4O2. The van der Waals surface area contributed by atoms with Crippen LogP contribution in [-0.2, 0) is 0 Å². The summed E-state index contributed by atoms with van der Waals surface area (Å²) in [5.74, 6) is 0.247. The van der Waals surface area contributed by atoms with Crippen molar-refractivity contribution >= 4 is 29.1 Å². The summed E-state index contributed by atoms with van der Waals surface area (Å²) in [6.07, 6.45) is 0. The van der Waals surface area contributed by atoms with Crippen LogP contribution in [0.1, 0.15) is 16.1 Å². The lowest BCUT2D eigenvalue weighted by molar-refractivity contribution is 0.102. The second-order valence-corrected chi connectivity index (χ2v) is 4.49. The standard InChI is InChI=1S/C13H13ClN4O2/c1-7-3-11(14)17-13(16-7)18-12(19)8-4-9(15)6-10(5-8)20-2/h3-6H,15H2,1-2H3,(H,16,17,18,19). The van der Waals surface area contributed by atoms with E-state index in [0.717, 1.165) is 0 Å². The molecule has 6 nitrogen and oxygen atoms in total. The number of hydrogen-bond donors (Lipinski definition) is 2. The van der Waals surface area contributed by atoms with Gasteiger partial charge in [0.1, 0.15) is 10.9 Å². The van der Waals surface area contributed by atoms with E-state index in [1.54, 1.807) is 25.1 Å². The van der Waals surface area contributed by atoms with Gasteiger partial charge in [0.05, 0.1) is 7.11 Å². The van der Waals surface area contributed by atoms with E-state index in [1.807, 2.05) is 0 Å². The molecule has 0 aliphatic carbocycles. The lowest BCUT2D eigenvalue weighted by Crippen LogP contribution is -2.15. The number of nitrogens with two attached hydrogens (primary N) is 1. The molecule has 104 valence electrons. The molecule has 0 aliphatic rings. The third-order valence-electron chi connectivity index (χ3n) is 2.48. The van der Waals surface area contributed by atoms with Crippen molar-refractivity contribution in [3.05, 3.63) is 40.7 Å². The Kier molecular flexibility index (Phi) is 4.05. The molecule has 7 heteroatoms. The third kappa shape index (κ3) is 3.36. The first-order valence-corrected chi connectivity index (χ1v) is 6.13. The number of benzene rings is 1. The average molecular weight is 293 g/mol. The second-order valence-electron chi connectivity index (χ2n) is 4.10. The van der Waals surface area contributed by atoms with E-state index in [9.17, 15) is 4.79 Å². The number of methoxy groups -OCH3 is 1. The van der Waals surface area contributed by atoms with Crippen LogP contribution in [0.4, 0.5) is 11.6 Å². The Labute approximate surface area is 120 Å². The van der Waals surface area contributed by atoms with Gasteiger partial charge in [-0.2, -0.15) is 0 Å². The molecule has 0 radical (unpaired) electrons.